The Balaban J connectivity index is 2.33. The van der Waals surface area contributed by atoms with Gasteiger partial charge in [-0.25, -0.2) is 4.98 Å². The number of nitrogen functional groups attached to an aromatic ring is 2. The maximum absolute atomic E-state index is 12.7. The van der Waals surface area contributed by atoms with Crippen LogP contribution in [-0.4, -0.2) is 4.98 Å². The van der Waals surface area contributed by atoms with Crippen LogP contribution < -0.4 is 16.8 Å². The predicted molar refractivity (Wildman–Crippen MR) is 72.8 cm³/mol. The number of halogens is 4. The van der Waals surface area contributed by atoms with Gasteiger partial charge in [-0.1, -0.05) is 11.6 Å². The third kappa shape index (κ3) is 3.24. The molecule has 0 bridgehead atoms. The molecule has 0 aliphatic heterocycles. The molecule has 2 aromatic rings. The molecule has 0 aliphatic rings. The number of anilines is 4. The Hall–Kier alpha value is -2.15. The Labute approximate surface area is 117 Å². The fraction of sp³-hybridized carbons (Fsp3) is 0.0833. The molecule has 0 aliphatic carbocycles. The van der Waals surface area contributed by atoms with Crippen molar-refractivity contribution in [2.75, 3.05) is 16.8 Å². The molecule has 0 unspecified atom stereocenters. The number of aromatic nitrogens is 1. The van der Waals surface area contributed by atoms with E-state index in [1.54, 1.807) is 0 Å². The molecule has 0 spiro atoms. The lowest BCUT2D eigenvalue weighted by Crippen LogP contribution is -2.06. The van der Waals surface area contributed by atoms with Gasteiger partial charge >= 0.3 is 6.18 Å². The van der Waals surface area contributed by atoms with Crippen LogP contribution in [0.15, 0.2) is 30.3 Å². The molecule has 0 saturated heterocycles. The summed E-state index contributed by atoms with van der Waals surface area (Å²) in [6.45, 7) is 0. The summed E-state index contributed by atoms with van der Waals surface area (Å²) in [6, 6.07) is 6.13. The van der Waals surface area contributed by atoms with E-state index in [0.717, 1.165) is 12.1 Å². The fourth-order valence-corrected chi connectivity index (χ4v) is 1.76. The molecule has 0 saturated carbocycles. The van der Waals surface area contributed by atoms with Crippen molar-refractivity contribution in [1.29, 1.82) is 0 Å². The van der Waals surface area contributed by atoms with Crippen molar-refractivity contribution in [3.63, 3.8) is 0 Å². The summed E-state index contributed by atoms with van der Waals surface area (Å²) in [5.41, 5.74) is 10.6. The van der Waals surface area contributed by atoms with E-state index in [1.807, 2.05) is 0 Å². The van der Waals surface area contributed by atoms with E-state index in [0.29, 0.717) is 0 Å². The Morgan fingerprint density at radius 3 is 2.40 bits per heavy atom. The minimum absolute atomic E-state index is 0.0364. The van der Waals surface area contributed by atoms with Crippen LogP contribution in [0.1, 0.15) is 5.56 Å². The number of alkyl halides is 3. The molecule has 0 fully saturated rings. The maximum Gasteiger partial charge on any atom is 0.416 e. The van der Waals surface area contributed by atoms with Crippen LogP contribution in [0.3, 0.4) is 0 Å². The maximum atomic E-state index is 12.7. The second-order valence-electron chi connectivity index (χ2n) is 4.02. The molecule has 106 valence electrons. The highest BCUT2D eigenvalue weighted by molar-refractivity contribution is 6.31. The zero-order chi connectivity index (χ0) is 14.9. The van der Waals surface area contributed by atoms with E-state index in [4.69, 9.17) is 23.1 Å². The molecule has 1 aromatic carbocycles. The normalized spacial score (nSPS) is 11.4. The van der Waals surface area contributed by atoms with Crippen LogP contribution in [0.2, 0.25) is 5.02 Å². The fourth-order valence-electron chi connectivity index (χ4n) is 1.53. The minimum atomic E-state index is -4.48. The molecular formula is C12H10ClF3N4. The number of nitrogens with two attached hydrogens (primary N) is 2. The molecule has 2 rings (SSSR count). The van der Waals surface area contributed by atoms with Gasteiger partial charge in [0, 0.05) is 10.7 Å². The van der Waals surface area contributed by atoms with Gasteiger partial charge in [0.15, 0.2) is 0 Å². The number of nitrogens with one attached hydrogen (secondary N) is 1. The smallest absolute Gasteiger partial charge is 0.396 e. The van der Waals surface area contributed by atoms with Crippen molar-refractivity contribution < 1.29 is 13.2 Å². The SMILES string of the molecule is Nc1ccc(Nc2cc(Cl)cc(C(F)(F)F)c2)nc1N. The first-order valence-corrected chi connectivity index (χ1v) is 5.80. The van der Waals surface area contributed by atoms with Crippen molar-refractivity contribution >= 4 is 34.6 Å². The van der Waals surface area contributed by atoms with Crippen LogP contribution in [0.4, 0.5) is 36.2 Å². The first kappa shape index (κ1) is 14.3. The number of nitrogens with zero attached hydrogens (tertiary/aromatic N) is 1. The molecule has 0 atom stereocenters. The minimum Gasteiger partial charge on any atom is -0.396 e. The summed E-state index contributed by atoms with van der Waals surface area (Å²) in [7, 11) is 0. The summed E-state index contributed by atoms with van der Waals surface area (Å²) in [5.74, 6) is 0.361. The standard InChI is InChI=1S/C12H10ClF3N4/c13-7-3-6(12(14,15)16)4-8(5-7)19-10-2-1-9(17)11(18)20-10/h1-5H,17H2,(H3,18,19,20). The van der Waals surface area contributed by atoms with E-state index in [-0.39, 0.29) is 28.0 Å². The quantitative estimate of drug-likeness (QED) is 0.791. The van der Waals surface area contributed by atoms with Crippen molar-refractivity contribution in [2.45, 2.75) is 6.18 Å². The van der Waals surface area contributed by atoms with E-state index < -0.39 is 11.7 Å². The van der Waals surface area contributed by atoms with Gasteiger partial charge in [-0.15, -0.1) is 0 Å². The molecule has 1 heterocycles. The van der Waals surface area contributed by atoms with Crippen molar-refractivity contribution in [2.24, 2.45) is 0 Å². The molecule has 8 heteroatoms. The third-order valence-corrected chi connectivity index (χ3v) is 2.67. The van der Waals surface area contributed by atoms with Gasteiger partial charge in [-0.05, 0) is 30.3 Å². The average Bonchev–Trinajstić information content (AvgIpc) is 2.32. The lowest BCUT2D eigenvalue weighted by molar-refractivity contribution is -0.137. The van der Waals surface area contributed by atoms with Crippen LogP contribution in [0, 0.1) is 0 Å². The number of hydrogen-bond donors (Lipinski definition) is 3. The number of benzene rings is 1. The van der Waals surface area contributed by atoms with Crippen LogP contribution in [0.5, 0.6) is 0 Å². The summed E-state index contributed by atoms with van der Waals surface area (Å²) in [5, 5.41) is 2.66. The Morgan fingerprint density at radius 2 is 1.80 bits per heavy atom. The van der Waals surface area contributed by atoms with E-state index >= 15 is 0 Å². The molecule has 0 radical (unpaired) electrons. The summed E-state index contributed by atoms with van der Waals surface area (Å²) in [6.07, 6.45) is -4.48. The highest BCUT2D eigenvalue weighted by Gasteiger charge is 2.31. The van der Waals surface area contributed by atoms with Crippen LogP contribution >= 0.6 is 11.6 Å². The molecule has 20 heavy (non-hydrogen) atoms. The zero-order valence-corrected chi connectivity index (χ0v) is 10.8. The number of hydrogen-bond acceptors (Lipinski definition) is 4. The predicted octanol–water partition coefficient (Wildman–Crippen LogP) is 3.66. The molecule has 5 N–H and O–H groups in total. The highest BCUT2D eigenvalue weighted by atomic mass is 35.5. The first-order valence-electron chi connectivity index (χ1n) is 5.42. The Kier molecular flexibility index (Phi) is 3.63. The van der Waals surface area contributed by atoms with Crippen molar-refractivity contribution in [3.8, 4) is 0 Å². The highest BCUT2D eigenvalue weighted by Crippen LogP contribution is 2.34. The summed E-state index contributed by atoms with van der Waals surface area (Å²) >= 11 is 5.67. The van der Waals surface area contributed by atoms with Crippen molar-refractivity contribution in [3.05, 3.63) is 40.9 Å². The zero-order valence-electron chi connectivity index (χ0n) is 10.0. The van der Waals surface area contributed by atoms with Gasteiger partial charge in [0.2, 0.25) is 0 Å². The molecule has 0 amide bonds. The van der Waals surface area contributed by atoms with E-state index in [1.165, 1.54) is 18.2 Å². The lowest BCUT2D eigenvalue weighted by Gasteiger charge is -2.12. The summed E-state index contributed by atoms with van der Waals surface area (Å²) < 4.78 is 38.0. The van der Waals surface area contributed by atoms with Gasteiger partial charge in [0.25, 0.3) is 0 Å². The summed E-state index contributed by atoms with van der Waals surface area (Å²) in [4.78, 5) is 3.91. The largest absolute Gasteiger partial charge is 0.416 e. The molecule has 1 aromatic heterocycles. The van der Waals surface area contributed by atoms with Gasteiger partial charge in [0.1, 0.15) is 11.6 Å². The van der Waals surface area contributed by atoms with Gasteiger partial charge in [-0.2, -0.15) is 13.2 Å². The lowest BCUT2D eigenvalue weighted by atomic mass is 10.2. The first-order chi connectivity index (χ1) is 9.25. The van der Waals surface area contributed by atoms with Crippen LogP contribution in [0.25, 0.3) is 0 Å². The monoisotopic (exact) mass is 302 g/mol. The van der Waals surface area contributed by atoms with Crippen molar-refractivity contribution in [1.82, 2.24) is 4.98 Å². The molecule has 4 nitrogen and oxygen atoms in total. The van der Waals surface area contributed by atoms with Crippen LogP contribution in [-0.2, 0) is 6.18 Å². The topological polar surface area (TPSA) is 77.0 Å². The second-order valence-corrected chi connectivity index (χ2v) is 4.46. The van der Waals surface area contributed by atoms with Gasteiger partial charge in [0.05, 0.1) is 11.3 Å². The van der Waals surface area contributed by atoms with Gasteiger partial charge < -0.3 is 16.8 Å². The second kappa shape index (κ2) is 5.09. The van der Waals surface area contributed by atoms with E-state index in [2.05, 4.69) is 10.3 Å². The Bertz CT molecular complexity index is 643. The Morgan fingerprint density at radius 1 is 1.10 bits per heavy atom. The number of pyridine rings is 1. The number of rotatable bonds is 2. The van der Waals surface area contributed by atoms with Gasteiger partial charge in [-0.3, -0.25) is 0 Å². The molecular weight excluding hydrogens is 293 g/mol. The average molecular weight is 303 g/mol. The third-order valence-electron chi connectivity index (χ3n) is 2.45. The van der Waals surface area contributed by atoms with E-state index in [9.17, 15) is 13.2 Å².